The van der Waals surface area contributed by atoms with Crippen LogP contribution in [0.25, 0.3) is 0 Å². The Labute approximate surface area is 76.9 Å². The van der Waals surface area contributed by atoms with E-state index in [4.69, 9.17) is 5.73 Å². The normalized spacial score (nSPS) is 15.0. The molecule has 13 heavy (non-hydrogen) atoms. The summed E-state index contributed by atoms with van der Waals surface area (Å²) in [5, 5.41) is 2.83. The molecule has 2 rings (SSSR count). The first-order chi connectivity index (χ1) is 6.29. The minimum atomic E-state index is 0.105. The molecule has 3 heteroatoms. The Balaban J connectivity index is 2.36. The van der Waals surface area contributed by atoms with Crippen LogP contribution in [0.1, 0.15) is 17.5 Å². The Morgan fingerprint density at radius 2 is 2.23 bits per heavy atom. The smallest absolute Gasteiger partial charge is 0.224 e. The first kappa shape index (κ1) is 8.26. The van der Waals surface area contributed by atoms with E-state index in [0.29, 0.717) is 13.0 Å². The fourth-order valence-electron chi connectivity index (χ4n) is 1.56. The van der Waals surface area contributed by atoms with Crippen LogP contribution in [-0.4, -0.2) is 5.91 Å². The van der Waals surface area contributed by atoms with E-state index in [1.807, 2.05) is 12.1 Å². The van der Waals surface area contributed by atoms with Crippen molar-refractivity contribution >= 4 is 11.6 Å². The average molecular weight is 176 g/mol. The number of carbonyl (C=O) groups is 1. The number of aryl methyl sites for hydroxylation is 1. The Hall–Kier alpha value is -1.35. The van der Waals surface area contributed by atoms with Gasteiger partial charge in [0.2, 0.25) is 5.91 Å². The number of fused-ring (bicyclic) bond motifs is 1. The summed E-state index contributed by atoms with van der Waals surface area (Å²) < 4.78 is 0. The van der Waals surface area contributed by atoms with Crippen molar-refractivity contribution < 1.29 is 4.79 Å². The third-order valence-electron chi connectivity index (χ3n) is 2.30. The summed E-state index contributed by atoms with van der Waals surface area (Å²) >= 11 is 0. The maximum Gasteiger partial charge on any atom is 0.224 e. The van der Waals surface area contributed by atoms with E-state index in [1.165, 1.54) is 5.56 Å². The number of hydrogen-bond donors (Lipinski definition) is 2. The average Bonchev–Trinajstić information content (AvgIpc) is 2.17. The van der Waals surface area contributed by atoms with Crippen LogP contribution in [0.5, 0.6) is 0 Å². The van der Waals surface area contributed by atoms with Crippen molar-refractivity contribution in [3.8, 4) is 0 Å². The van der Waals surface area contributed by atoms with Gasteiger partial charge < -0.3 is 11.1 Å². The molecular weight excluding hydrogens is 164 g/mol. The Morgan fingerprint density at radius 3 is 3.00 bits per heavy atom. The van der Waals surface area contributed by atoms with Crippen LogP contribution >= 0.6 is 0 Å². The lowest BCUT2D eigenvalue weighted by molar-refractivity contribution is -0.116. The molecule has 1 aromatic rings. The van der Waals surface area contributed by atoms with Crippen molar-refractivity contribution in [3.05, 3.63) is 29.3 Å². The predicted molar refractivity (Wildman–Crippen MR) is 51.3 cm³/mol. The van der Waals surface area contributed by atoms with Gasteiger partial charge in [0.25, 0.3) is 0 Å². The van der Waals surface area contributed by atoms with Gasteiger partial charge in [-0.1, -0.05) is 12.1 Å². The first-order valence-corrected chi connectivity index (χ1v) is 4.41. The van der Waals surface area contributed by atoms with Gasteiger partial charge in [0.15, 0.2) is 0 Å². The van der Waals surface area contributed by atoms with Crippen LogP contribution in [0.3, 0.4) is 0 Å². The second kappa shape index (κ2) is 3.18. The van der Waals surface area contributed by atoms with E-state index in [-0.39, 0.29) is 5.91 Å². The molecule has 0 bridgehead atoms. The summed E-state index contributed by atoms with van der Waals surface area (Å²) in [5.41, 5.74) is 8.78. The van der Waals surface area contributed by atoms with Gasteiger partial charge in [-0.05, 0) is 23.6 Å². The van der Waals surface area contributed by atoms with Gasteiger partial charge in [-0.2, -0.15) is 0 Å². The summed E-state index contributed by atoms with van der Waals surface area (Å²) in [6.07, 6.45) is 1.41. The highest BCUT2D eigenvalue weighted by atomic mass is 16.1. The van der Waals surface area contributed by atoms with Gasteiger partial charge in [-0.15, -0.1) is 0 Å². The van der Waals surface area contributed by atoms with Crippen LogP contribution < -0.4 is 11.1 Å². The highest BCUT2D eigenvalue weighted by molar-refractivity contribution is 5.93. The summed E-state index contributed by atoms with van der Waals surface area (Å²) in [6, 6.07) is 5.94. The summed E-state index contributed by atoms with van der Waals surface area (Å²) in [5.74, 6) is 0.105. The fraction of sp³-hybridized carbons (Fsp3) is 0.300. The van der Waals surface area contributed by atoms with E-state index in [0.717, 1.165) is 17.7 Å². The third kappa shape index (κ3) is 1.55. The quantitative estimate of drug-likeness (QED) is 0.671. The molecule has 1 aliphatic rings. The van der Waals surface area contributed by atoms with Gasteiger partial charge in [0.1, 0.15) is 0 Å². The number of rotatable bonds is 1. The van der Waals surface area contributed by atoms with Crippen LogP contribution in [0, 0.1) is 0 Å². The van der Waals surface area contributed by atoms with E-state index >= 15 is 0 Å². The molecule has 0 aliphatic carbocycles. The van der Waals surface area contributed by atoms with Crippen molar-refractivity contribution in [2.45, 2.75) is 19.4 Å². The first-order valence-electron chi connectivity index (χ1n) is 4.41. The number of amides is 1. The molecule has 0 atom stereocenters. The molecule has 1 aliphatic heterocycles. The van der Waals surface area contributed by atoms with Gasteiger partial charge in [-0.3, -0.25) is 4.79 Å². The molecule has 0 saturated carbocycles. The predicted octanol–water partition coefficient (Wildman–Crippen LogP) is 1.03. The van der Waals surface area contributed by atoms with Crippen LogP contribution in [-0.2, 0) is 17.8 Å². The number of benzene rings is 1. The Bertz CT molecular complexity index is 347. The van der Waals surface area contributed by atoms with E-state index in [1.54, 1.807) is 0 Å². The lowest BCUT2D eigenvalue weighted by Crippen LogP contribution is -2.19. The third-order valence-corrected chi connectivity index (χ3v) is 2.30. The van der Waals surface area contributed by atoms with E-state index in [2.05, 4.69) is 11.4 Å². The number of nitrogens with two attached hydrogens (primary N) is 1. The lowest BCUT2D eigenvalue weighted by atomic mass is 10.0. The second-order valence-corrected chi connectivity index (χ2v) is 3.24. The Kier molecular flexibility index (Phi) is 2.02. The molecule has 0 radical (unpaired) electrons. The molecule has 3 nitrogen and oxygen atoms in total. The van der Waals surface area contributed by atoms with Gasteiger partial charge in [0, 0.05) is 18.7 Å². The van der Waals surface area contributed by atoms with Crippen molar-refractivity contribution in [1.29, 1.82) is 0 Å². The molecule has 0 unspecified atom stereocenters. The minimum Gasteiger partial charge on any atom is -0.326 e. The monoisotopic (exact) mass is 176 g/mol. The molecule has 1 heterocycles. The van der Waals surface area contributed by atoms with Crippen LogP contribution in [0.2, 0.25) is 0 Å². The standard InChI is InChI=1S/C10H12N2O/c11-6-7-1-3-9-8(5-7)2-4-10(13)12-9/h1,3,5H,2,4,6,11H2,(H,12,13). The van der Waals surface area contributed by atoms with Crippen LogP contribution in [0.4, 0.5) is 5.69 Å². The maximum atomic E-state index is 11.0. The molecule has 1 aromatic carbocycles. The highest BCUT2D eigenvalue weighted by Crippen LogP contribution is 2.23. The zero-order valence-electron chi connectivity index (χ0n) is 7.34. The Morgan fingerprint density at radius 1 is 1.38 bits per heavy atom. The zero-order chi connectivity index (χ0) is 9.26. The summed E-state index contributed by atoms with van der Waals surface area (Å²) in [7, 11) is 0. The maximum absolute atomic E-state index is 11.0. The summed E-state index contributed by atoms with van der Waals surface area (Å²) in [6.45, 7) is 0.557. The summed E-state index contributed by atoms with van der Waals surface area (Å²) in [4.78, 5) is 11.0. The molecule has 3 N–H and O–H groups in total. The molecule has 68 valence electrons. The zero-order valence-corrected chi connectivity index (χ0v) is 7.34. The highest BCUT2D eigenvalue weighted by Gasteiger charge is 2.13. The second-order valence-electron chi connectivity index (χ2n) is 3.24. The lowest BCUT2D eigenvalue weighted by Gasteiger charge is -2.17. The fourth-order valence-corrected chi connectivity index (χ4v) is 1.56. The van der Waals surface area contributed by atoms with E-state index in [9.17, 15) is 4.79 Å². The molecule has 1 amide bonds. The van der Waals surface area contributed by atoms with E-state index < -0.39 is 0 Å². The molecule has 0 aromatic heterocycles. The van der Waals surface area contributed by atoms with Crippen molar-refractivity contribution in [1.82, 2.24) is 0 Å². The molecule has 0 fully saturated rings. The SMILES string of the molecule is NCc1ccc2c(c1)CCC(=O)N2. The van der Waals surface area contributed by atoms with Crippen molar-refractivity contribution in [3.63, 3.8) is 0 Å². The van der Waals surface area contributed by atoms with Gasteiger partial charge >= 0.3 is 0 Å². The minimum absolute atomic E-state index is 0.105. The molecule has 0 spiro atoms. The number of hydrogen-bond acceptors (Lipinski definition) is 2. The number of anilines is 1. The van der Waals surface area contributed by atoms with Gasteiger partial charge in [0.05, 0.1) is 0 Å². The van der Waals surface area contributed by atoms with Crippen molar-refractivity contribution in [2.24, 2.45) is 5.73 Å². The number of carbonyl (C=O) groups excluding carboxylic acids is 1. The topological polar surface area (TPSA) is 55.1 Å². The largest absolute Gasteiger partial charge is 0.326 e. The molecular formula is C10H12N2O. The number of nitrogens with one attached hydrogen (secondary N) is 1. The van der Waals surface area contributed by atoms with Gasteiger partial charge in [-0.25, -0.2) is 0 Å². The van der Waals surface area contributed by atoms with Crippen LogP contribution in [0.15, 0.2) is 18.2 Å². The molecule has 0 saturated heterocycles. The van der Waals surface area contributed by atoms with Crippen molar-refractivity contribution in [2.75, 3.05) is 5.32 Å².